The Hall–Kier alpha value is -2.45. The van der Waals surface area contributed by atoms with E-state index >= 15 is 0 Å². The number of rotatable bonds is 7. The summed E-state index contributed by atoms with van der Waals surface area (Å²) in [5.74, 6) is -0.146. The van der Waals surface area contributed by atoms with E-state index in [9.17, 15) is 14.7 Å². The van der Waals surface area contributed by atoms with Gasteiger partial charge in [0, 0.05) is 32.8 Å². The predicted octanol–water partition coefficient (Wildman–Crippen LogP) is 2.36. The minimum atomic E-state index is -0.367. The number of methoxy groups -OCH3 is 1. The summed E-state index contributed by atoms with van der Waals surface area (Å²) >= 11 is 0. The van der Waals surface area contributed by atoms with Crippen LogP contribution in [0.4, 0.5) is 0 Å². The Labute approximate surface area is 190 Å². The van der Waals surface area contributed by atoms with Crippen LogP contribution in [0.5, 0.6) is 5.88 Å². The van der Waals surface area contributed by atoms with Gasteiger partial charge in [-0.15, -0.1) is 0 Å². The highest BCUT2D eigenvalue weighted by Gasteiger charge is 2.34. The van der Waals surface area contributed by atoms with Crippen molar-refractivity contribution < 1.29 is 24.2 Å². The highest BCUT2D eigenvalue weighted by Crippen LogP contribution is 2.32. The first-order chi connectivity index (χ1) is 15.3. The van der Waals surface area contributed by atoms with Crippen LogP contribution in [0.1, 0.15) is 55.5 Å². The molecule has 3 rings (SSSR count). The van der Waals surface area contributed by atoms with Gasteiger partial charge in [0.25, 0.3) is 5.91 Å². The Bertz CT molecular complexity index is 856. The second kappa shape index (κ2) is 10.9. The van der Waals surface area contributed by atoms with Crippen molar-refractivity contribution in [2.45, 2.75) is 51.7 Å². The molecule has 8 heteroatoms. The van der Waals surface area contributed by atoms with E-state index in [1.807, 2.05) is 19.9 Å². The average Bonchev–Trinajstić information content (AvgIpc) is 2.81. The van der Waals surface area contributed by atoms with Crippen molar-refractivity contribution >= 4 is 17.4 Å². The third-order valence-corrected chi connectivity index (χ3v) is 6.33. The minimum absolute atomic E-state index is 0.00291. The maximum absolute atomic E-state index is 13.5. The quantitative estimate of drug-likeness (QED) is 0.693. The van der Waals surface area contributed by atoms with E-state index in [2.05, 4.69) is 11.1 Å². The number of aliphatic hydroxyl groups is 1. The van der Waals surface area contributed by atoms with Gasteiger partial charge < -0.3 is 24.4 Å². The number of hydrogen-bond acceptors (Lipinski definition) is 6. The van der Waals surface area contributed by atoms with Gasteiger partial charge in [-0.3, -0.25) is 9.59 Å². The van der Waals surface area contributed by atoms with Gasteiger partial charge in [0.05, 0.1) is 19.2 Å². The van der Waals surface area contributed by atoms with Crippen molar-refractivity contribution in [3.8, 4) is 5.88 Å². The van der Waals surface area contributed by atoms with Crippen molar-refractivity contribution in [2.75, 3.05) is 40.5 Å². The summed E-state index contributed by atoms with van der Waals surface area (Å²) in [6.45, 7) is 4.42. The summed E-state index contributed by atoms with van der Waals surface area (Å²) in [6, 6.07) is 1.52. The molecule has 2 amide bonds. The number of carbonyl (C=O) groups excluding carboxylic acids is 2. The molecular weight excluding hydrogens is 410 g/mol. The zero-order valence-corrected chi connectivity index (χ0v) is 19.5. The molecule has 1 aliphatic carbocycles. The monoisotopic (exact) mass is 445 g/mol. The molecule has 0 saturated carbocycles. The number of likely N-dealkylation sites (N-methyl/N-ethyl adjacent to an activating group) is 1. The SMILES string of the molecule is COCC(=O)N(C)C[C@@H]1Oc2ncc(C3=CCCCC3)cc2C(=O)N([C@@H](C)CO)C[C@@H]1C. The Kier molecular flexibility index (Phi) is 8.26. The van der Waals surface area contributed by atoms with Crippen LogP contribution in [0.3, 0.4) is 0 Å². The summed E-state index contributed by atoms with van der Waals surface area (Å²) in [6.07, 6.45) is 7.93. The van der Waals surface area contributed by atoms with Gasteiger partial charge in [-0.05, 0) is 49.8 Å². The molecule has 1 aliphatic heterocycles. The van der Waals surface area contributed by atoms with Crippen LogP contribution in [0.2, 0.25) is 0 Å². The number of hydrogen-bond donors (Lipinski definition) is 1. The molecule has 2 aliphatic rings. The van der Waals surface area contributed by atoms with Crippen molar-refractivity contribution in [1.29, 1.82) is 0 Å². The van der Waals surface area contributed by atoms with Crippen molar-refractivity contribution in [3.05, 3.63) is 29.5 Å². The van der Waals surface area contributed by atoms with Gasteiger partial charge in [-0.25, -0.2) is 4.98 Å². The minimum Gasteiger partial charge on any atom is -0.472 e. The highest BCUT2D eigenvalue weighted by atomic mass is 16.5. The fourth-order valence-electron chi connectivity index (χ4n) is 4.20. The van der Waals surface area contributed by atoms with Crippen LogP contribution in [-0.4, -0.2) is 84.3 Å². The number of ether oxygens (including phenoxy) is 2. The van der Waals surface area contributed by atoms with E-state index in [0.717, 1.165) is 24.8 Å². The van der Waals surface area contributed by atoms with E-state index in [1.165, 1.54) is 19.1 Å². The molecule has 0 bridgehead atoms. The van der Waals surface area contributed by atoms with E-state index in [-0.39, 0.29) is 49.0 Å². The molecule has 176 valence electrons. The first-order valence-corrected chi connectivity index (χ1v) is 11.4. The lowest BCUT2D eigenvalue weighted by molar-refractivity contribution is -0.135. The maximum atomic E-state index is 13.5. The Morgan fingerprint density at radius 2 is 2.22 bits per heavy atom. The number of nitrogens with zero attached hydrogens (tertiary/aromatic N) is 3. The molecule has 0 spiro atoms. The van der Waals surface area contributed by atoms with E-state index in [0.29, 0.717) is 18.7 Å². The molecule has 32 heavy (non-hydrogen) atoms. The maximum Gasteiger partial charge on any atom is 0.259 e. The first-order valence-electron chi connectivity index (χ1n) is 11.4. The molecule has 2 heterocycles. The van der Waals surface area contributed by atoms with Crippen LogP contribution in [-0.2, 0) is 9.53 Å². The molecule has 0 unspecified atom stereocenters. The molecular formula is C24H35N3O5. The van der Waals surface area contributed by atoms with Crippen LogP contribution >= 0.6 is 0 Å². The predicted molar refractivity (Wildman–Crippen MR) is 121 cm³/mol. The zero-order chi connectivity index (χ0) is 23.3. The molecule has 0 radical (unpaired) electrons. The first kappa shape index (κ1) is 24.2. The lowest BCUT2D eigenvalue weighted by atomic mass is 9.93. The number of aromatic nitrogens is 1. The van der Waals surface area contributed by atoms with Crippen molar-refractivity contribution in [3.63, 3.8) is 0 Å². The fourth-order valence-corrected chi connectivity index (χ4v) is 4.20. The van der Waals surface area contributed by atoms with Crippen LogP contribution in [0, 0.1) is 5.92 Å². The molecule has 0 aromatic carbocycles. The summed E-state index contributed by atoms with van der Waals surface area (Å²) in [5.41, 5.74) is 2.55. The summed E-state index contributed by atoms with van der Waals surface area (Å²) in [4.78, 5) is 33.5. The van der Waals surface area contributed by atoms with Gasteiger partial charge in [0.1, 0.15) is 18.3 Å². The van der Waals surface area contributed by atoms with Crippen LogP contribution in [0.25, 0.3) is 5.57 Å². The fraction of sp³-hybridized carbons (Fsp3) is 0.625. The molecule has 0 fully saturated rings. The van der Waals surface area contributed by atoms with Gasteiger partial charge >= 0.3 is 0 Å². The Balaban J connectivity index is 1.96. The number of amides is 2. The number of pyridine rings is 1. The van der Waals surface area contributed by atoms with Crippen LogP contribution < -0.4 is 4.74 Å². The molecule has 1 aromatic rings. The second-order valence-corrected chi connectivity index (χ2v) is 8.88. The normalized spacial score (nSPS) is 22.2. The molecule has 8 nitrogen and oxygen atoms in total. The van der Waals surface area contributed by atoms with E-state index < -0.39 is 0 Å². The number of aliphatic hydroxyl groups excluding tert-OH is 1. The summed E-state index contributed by atoms with van der Waals surface area (Å²) in [5, 5.41) is 9.79. The van der Waals surface area contributed by atoms with Crippen molar-refractivity contribution in [2.24, 2.45) is 5.92 Å². The van der Waals surface area contributed by atoms with E-state index in [4.69, 9.17) is 9.47 Å². The van der Waals surface area contributed by atoms with Gasteiger partial charge in [0.15, 0.2) is 0 Å². The third-order valence-electron chi connectivity index (χ3n) is 6.33. The zero-order valence-electron chi connectivity index (χ0n) is 19.5. The van der Waals surface area contributed by atoms with Gasteiger partial charge in [0.2, 0.25) is 11.8 Å². The lowest BCUT2D eigenvalue weighted by Crippen LogP contribution is -2.50. The number of carbonyl (C=O) groups is 2. The number of allylic oxidation sites excluding steroid dienone is 2. The third kappa shape index (κ3) is 5.48. The average molecular weight is 446 g/mol. The van der Waals surface area contributed by atoms with Gasteiger partial charge in [-0.1, -0.05) is 13.0 Å². The molecule has 3 atom stereocenters. The van der Waals surface area contributed by atoms with E-state index in [1.54, 1.807) is 23.0 Å². The Morgan fingerprint density at radius 3 is 2.88 bits per heavy atom. The second-order valence-electron chi connectivity index (χ2n) is 8.88. The highest BCUT2D eigenvalue weighted by molar-refractivity contribution is 5.97. The van der Waals surface area contributed by atoms with Crippen LogP contribution in [0.15, 0.2) is 18.3 Å². The topological polar surface area (TPSA) is 92.2 Å². The van der Waals surface area contributed by atoms with Crippen molar-refractivity contribution in [1.82, 2.24) is 14.8 Å². The summed E-state index contributed by atoms with van der Waals surface area (Å²) in [7, 11) is 3.20. The number of fused-ring (bicyclic) bond motifs is 1. The summed E-state index contributed by atoms with van der Waals surface area (Å²) < 4.78 is 11.2. The van der Waals surface area contributed by atoms with Gasteiger partial charge in [-0.2, -0.15) is 0 Å². The largest absolute Gasteiger partial charge is 0.472 e. The molecule has 1 aromatic heterocycles. The molecule has 1 N–H and O–H groups in total. The molecule has 0 saturated heterocycles. The lowest BCUT2D eigenvalue weighted by Gasteiger charge is -2.37. The standard InChI is InChI=1S/C24H35N3O5/c1-16-12-27(17(2)14-28)24(30)20-10-19(18-8-6-5-7-9-18)11-25-23(20)32-21(16)13-26(3)22(29)15-31-4/h8,10-11,16-17,21,28H,5-7,9,12-15H2,1-4H3/t16-,17-,21-/m0/s1. The Morgan fingerprint density at radius 1 is 1.44 bits per heavy atom. The smallest absolute Gasteiger partial charge is 0.259 e.